The Kier molecular flexibility index (Phi) is 4.81. The summed E-state index contributed by atoms with van der Waals surface area (Å²) in [4.78, 5) is 41.7. The van der Waals surface area contributed by atoms with Crippen LogP contribution in [0.4, 0.5) is 11.4 Å². The van der Waals surface area contributed by atoms with E-state index in [-0.39, 0.29) is 16.8 Å². The second-order valence-corrected chi connectivity index (χ2v) is 6.59. The summed E-state index contributed by atoms with van der Waals surface area (Å²) in [5.41, 5.74) is 0.751. The van der Waals surface area contributed by atoms with Gasteiger partial charge in [0.1, 0.15) is 5.76 Å². The molecule has 1 fully saturated rings. The molecule has 8 nitrogen and oxygen atoms in total. The molecular formula is C22H15N3O5. The molecule has 0 saturated carbocycles. The topological polar surface area (TPSA) is 114 Å². The number of anilines is 1. The van der Waals surface area contributed by atoms with E-state index in [2.05, 4.69) is 4.98 Å². The number of ketones is 1. The van der Waals surface area contributed by atoms with Crippen LogP contribution in [-0.4, -0.2) is 26.7 Å². The maximum atomic E-state index is 12.9. The number of nitro groups is 1. The van der Waals surface area contributed by atoms with E-state index in [4.69, 9.17) is 0 Å². The lowest BCUT2D eigenvalue weighted by molar-refractivity contribution is -0.384. The number of non-ortho nitro benzene ring substituents is 1. The van der Waals surface area contributed by atoms with Gasteiger partial charge in [-0.3, -0.25) is 29.6 Å². The van der Waals surface area contributed by atoms with Gasteiger partial charge in [-0.15, -0.1) is 0 Å². The van der Waals surface area contributed by atoms with Crippen molar-refractivity contribution in [1.29, 1.82) is 0 Å². The fourth-order valence-corrected chi connectivity index (χ4v) is 3.47. The third-order valence-electron chi connectivity index (χ3n) is 4.83. The highest BCUT2D eigenvalue weighted by molar-refractivity contribution is 6.51. The highest BCUT2D eigenvalue weighted by Gasteiger charge is 2.46. The number of hydrogen-bond donors (Lipinski definition) is 1. The maximum absolute atomic E-state index is 12.9. The van der Waals surface area contributed by atoms with Crippen LogP contribution in [0.2, 0.25) is 0 Å². The number of Topliss-reactive ketones (excluding diaryl/α,β-unsaturated/α-hetero) is 1. The number of aromatic nitrogens is 1. The minimum absolute atomic E-state index is 0.0781. The zero-order valence-electron chi connectivity index (χ0n) is 15.5. The molecule has 1 atom stereocenters. The van der Waals surface area contributed by atoms with E-state index < -0.39 is 28.4 Å². The summed E-state index contributed by atoms with van der Waals surface area (Å²) in [6.07, 6.45) is 3.04. The summed E-state index contributed by atoms with van der Waals surface area (Å²) in [6.45, 7) is 0. The number of nitro benzene ring substituents is 1. The average Bonchev–Trinajstić information content (AvgIpc) is 3.05. The first-order valence-electron chi connectivity index (χ1n) is 9.00. The number of rotatable bonds is 4. The zero-order valence-corrected chi connectivity index (χ0v) is 15.5. The van der Waals surface area contributed by atoms with Gasteiger partial charge >= 0.3 is 0 Å². The first-order chi connectivity index (χ1) is 14.5. The van der Waals surface area contributed by atoms with Crippen molar-refractivity contribution in [1.82, 2.24) is 4.98 Å². The normalized spacial score (nSPS) is 17.9. The van der Waals surface area contributed by atoms with E-state index in [0.717, 1.165) is 6.07 Å². The summed E-state index contributed by atoms with van der Waals surface area (Å²) in [5, 5.41) is 22.1. The smallest absolute Gasteiger partial charge is 0.300 e. The molecular weight excluding hydrogens is 386 g/mol. The third kappa shape index (κ3) is 3.20. The Labute approximate surface area is 170 Å². The van der Waals surface area contributed by atoms with Gasteiger partial charge in [0.15, 0.2) is 0 Å². The molecule has 2 aromatic carbocycles. The van der Waals surface area contributed by atoms with E-state index >= 15 is 0 Å². The van der Waals surface area contributed by atoms with Gasteiger partial charge in [-0.05, 0) is 29.8 Å². The predicted molar refractivity (Wildman–Crippen MR) is 109 cm³/mol. The molecule has 8 heteroatoms. The molecule has 3 aromatic rings. The number of para-hydroxylation sites is 1. The fourth-order valence-electron chi connectivity index (χ4n) is 3.47. The van der Waals surface area contributed by atoms with Gasteiger partial charge in [0.05, 0.1) is 16.5 Å². The molecule has 1 aliphatic heterocycles. The number of aliphatic hydroxyl groups is 1. The van der Waals surface area contributed by atoms with E-state index in [0.29, 0.717) is 11.3 Å². The number of aliphatic hydroxyl groups excluding tert-OH is 1. The van der Waals surface area contributed by atoms with Crippen LogP contribution in [0.25, 0.3) is 5.76 Å². The van der Waals surface area contributed by atoms with Crippen LogP contribution < -0.4 is 4.90 Å². The summed E-state index contributed by atoms with van der Waals surface area (Å²) >= 11 is 0. The molecule has 30 heavy (non-hydrogen) atoms. The van der Waals surface area contributed by atoms with Crippen LogP contribution in [0.1, 0.15) is 17.2 Å². The van der Waals surface area contributed by atoms with Crippen molar-refractivity contribution < 1.29 is 19.6 Å². The number of amides is 1. The highest BCUT2D eigenvalue weighted by atomic mass is 16.6. The Bertz CT molecular complexity index is 1180. The molecule has 2 heterocycles. The summed E-state index contributed by atoms with van der Waals surface area (Å²) in [7, 11) is 0. The zero-order chi connectivity index (χ0) is 21.3. The lowest BCUT2D eigenvalue weighted by Gasteiger charge is -2.25. The van der Waals surface area contributed by atoms with E-state index in [1.54, 1.807) is 42.5 Å². The quantitative estimate of drug-likeness (QED) is 0.235. The van der Waals surface area contributed by atoms with Gasteiger partial charge in [0.25, 0.3) is 17.4 Å². The number of carbonyl (C=O) groups is 2. The van der Waals surface area contributed by atoms with E-state index in [1.807, 2.05) is 0 Å². The Hall–Kier alpha value is -4.33. The second-order valence-electron chi connectivity index (χ2n) is 6.59. The molecule has 1 unspecified atom stereocenters. The first-order valence-corrected chi connectivity index (χ1v) is 9.00. The van der Waals surface area contributed by atoms with Gasteiger partial charge in [0.2, 0.25) is 0 Å². The second kappa shape index (κ2) is 7.59. The van der Waals surface area contributed by atoms with E-state index in [1.165, 1.54) is 35.5 Å². The van der Waals surface area contributed by atoms with Crippen molar-refractivity contribution >= 4 is 28.8 Å². The van der Waals surface area contributed by atoms with Crippen LogP contribution in [-0.2, 0) is 9.59 Å². The minimum atomic E-state index is -0.908. The van der Waals surface area contributed by atoms with Crippen molar-refractivity contribution in [2.75, 3.05) is 4.90 Å². The Balaban J connectivity index is 1.94. The molecule has 1 aliphatic rings. The number of carbonyl (C=O) groups excluding carboxylic acids is 2. The first kappa shape index (κ1) is 19.0. The molecule has 148 valence electrons. The number of nitrogens with zero attached hydrogens (tertiary/aromatic N) is 3. The van der Waals surface area contributed by atoms with Crippen LogP contribution in [0.3, 0.4) is 0 Å². The lowest BCUT2D eigenvalue weighted by atomic mass is 9.95. The molecule has 1 saturated heterocycles. The maximum Gasteiger partial charge on any atom is 0.300 e. The average molecular weight is 401 g/mol. The summed E-state index contributed by atoms with van der Waals surface area (Å²) in [6, 6.07) is 16.3. The van der Waals surface area contributed by atoms with Crippen molar-refractivity contribution in [2.45, 2.75) is 6.04 Å². The van der Waals surface area contributed by atoms with Gasteiger partial charge in [-0.1, -0.05) is 30.3 Å². The van der Waals surface area contributed by atoms with Gasteiger partial charge in [-0.2, -0.15) is 0 Å². The minimum Gasteiger partial charge on any atom is -0.507 e. The molecule has 4 rings (SSSR count). The van der Waals surface area contributed by atoms with Crippen LogP contribution in [0, 0.1) is 10.1 Å². The predicted octanol–water partition coefficient (Wildman–Crippen LogP) is 3.62. The molecule has 1 amide bonds. The summed E-state index contributed by atoms with van der Waals surface area (Å²) in [5.74, 6) is -2.14. The van der Waals surface area contributed by atoms with Crippen molar-refractivity contribution in [2.24, 2.45) is 0 Å². The number of pyridine rings is 1. The summed E-state index contributed by atoms with van der Waals surface area (Å²) < 4.78 is 0. The number of hydrogen-bond acceptors (Lipinski definition) is 6. The largest absolute Gasteiger partial charge is 0.507 e. The van der Waals surface area contributed by atoms with Gasteiger partial charge < -0.3 is 5.11 Å². The standard InChI is InChI=1S/C22H15N3O5/c26-20(15-5-4-8-17(13-15)25(29)30)18-19(14-9-11-23-12-10-14)24(22(28)21(18)27)16-6-2-1-3-7-16/h1-13,19,26H/b20-18-. The molecule has 0 aliphatic carbocycles. The SMILES string of the molecule is O=C1C(=O)N(c2ccccc2)C(c2ccncc2)/C1=C(/O)c1cccc([N+](=O)[O-])c1. The van der Waals surface area contributed by atoms with Crippen LogP contribution in [0.15, 0.2) is 84.7 Å². The van der Waals surface area contributed by atoms with E-state index in [9.17, 15) is 24.8 Å². The van der Waals surface area contributed by atoms with Crippen LogP contribution >= 0.6 is 0 Å². The molecule has 0 radical (unpaired) electrons. The van der Waals surface area contributed by atoms with Crippen molar-refractivity contribution in [3.05, 3.63) is 106 Å². The van der Waals surface area contributed by atoms with Gasteiger partial charge in [-0.25, -0.2) is 0 Å². The van der Waals surface area contributed by atoms with Crippen molar-refractivity contribution in [3.63, 3.8) is 0 Å². The molecule has 0 bridgehead atoms. The molecule has 0 spiro atoms. The van der Waals surface area contributed by atoms with Crippen LogP contribution in [0.5, 0.6) is 0 Å². The monoisotopic (exact) mass is 401 g/mol. The van der Waals surface area contributed by atoms with Crippen molar-refractivity contribution in [3.8, 4) is 0 Å². The Morgan fingerprint density at radius 3 is 2.37 bits per heavy atom. The Morgan fingerprint density at radius 1 is 1.00 bits per heavy atom. The fraction of sp³-hybridized carbons (Fsp3) is 0.0455. The highest BCUT2D eigenvalue weighted by Crippen LogP contribution is 2.42. The number of benzene rings is 2. The Morgan fingerprint density at radius 2 is 1.70 bits per heavy atom. The lowest BCUT2D eigenvalue weighted by Crippen LogP contribution is -2.29. The third-order valence-corrected chi connectivity index (χ3v) is 4.83. The molecule has 1 aromatic heterocycles. The van der Waals surface area contributed by atoms with Gasteiger partial charge in [0, 0.05) is 35.8 Å². The molecule has 1 N–H and O–H groups in total.